The zero-order valence-corrected chi connectivity index (χ0v) is 9.90. The van der Waals surface area contributed by atoms with Crippen LogP contribution < -0.4 is 5.32 Å². The Bertz CT molecular complexity index is 275. The molecule has 0 amide bonds. The van der Waals surface area contributed by atoms with Gasteiger partial charge in [0.1, 0.15) is 0 Å². The van der Waals surface area contributed by atoms with E-state index in [1.807, 2.05) is 11.7 Å². The number of rotatable bonds is 5. The van der Waals surface area contributed by atoms with Crippen molar-refractivity contribution in [2.75, 3.05) is 13.1 Å². The Morgan fingerprint density at radius 3 is 3.00 bits per heavy atom. The molecule has 0 saturated heterocycles. The van der Waals surface area contributed by atoms with Crippen LogP contribution in [0.1, 0.15) is 25.6 Å². The molecular weight excluding hydrogens is 192 g/mol. The zero-order chi connectivity index (χ0) is 10.4. The molecule has 0 atom stereocenters. The summed E-state index contributed by atoms with van der Waals surface area (Å²) in [6.07, 6.45) is 4.08. The summed E-state index contributed by atoms with van der Waals surface area (Å²) in [5.41, 5.74) is 3.22. The Balaban J connectivity index is 2.31. The minimum absolute atomic E-state index is 0.714. The first-order valence-electron chi connectivity index (χ1n) is 4.95. The van der Waals surface area contributed by atoms with Crippen molar-refractivity contribution < 1.29 is 0 Å². The van der Waals surface area contributed by atoms with E-state index in [2.05, 4.69) is 37.1 Å². The number of nitrogens with one attached hydrogen (secondary N) is 1. The average molecular weight is 210 g/mol. The van der Waals surface area contributed by atoms with Crippen molar-refractivity contribution in [1.29, 1.82) is 0 Å². The highest BCUT2D eigenvalue weighted by Crippen LogP contribution is 2.10. The summed E-state index contributed by atoms with van der Waals surface area (Å²) in [6.45, 7) is 8.63. The van der Waals surface area contributed by atoms with Gasteiger partial charge in [-0.2, -0.15) is 0 Å². The molecule has 0 aliphatic rings. The van der Waals surface area contributed by atoms with Crippen molar-refractivity contribution in [3.63, 3.8) is 0 Å². The summed E-state index contributed by atoms with van der Waals surface area (Å²) >= 11 is 1.68. The van der Waals surface area contributed by atoms with Crippen LogP contribution in [0.4, 0.5) is 0 Å². The molecular formula is C11H18N2S. The maximum absolute atomic E-state index is 4.04. The quantitative estimate of drug-likeness (QED) is 0.808. The lowest BCUT2D eigenvalue weighted by atomic mass is 10.2. The average Bonchev–Trinajstić information content (AvgIpc) is 2.56. The Morgan fingerprint density at radius 2 is 2.43 bits per heavy atom. The van der Waals surface area contributed by atoms with E-state index >= 15 is 0 Å². The molecule has 1 aromatic rings. The minimum Gasteiger partial charge on any atom is -0.313 e. The van der Waals surface area contributed by atoms with Crippen molar-refractivity contribution >= 4 is 17.4 Å². The molecule has 0 aromatic carbocycles. The summed E-state index contributed by atoms with van der Waals surface area (Å²) in [4.78, 5) is 5.27. The lowest BCUT2D eigenvalue weighted by Gasteiger charge is -2.06. The van der Waals surface area contributed by atoms with Gasteiger partial charge in [-0.25, -0.2) is 0 Å². The highest BCUT2D eigenvalue weighted by Gasteiger charge is 1.95. The van der Waals surface area contributed by atoms with Crippen LogP contribution in [0.25, 0.3) is 6.08 Å². The van der Waals surface area contributed by atoms with Crippen LogP contribution in [0, 0.1) is 5.92 Å². The summed E-state index contributed by atoms with van der Waals surface area (Å²) in [7, 11) is 0. The maximum Gasteiger partial charge on any atom is 0.0797 e. The molecule has 0 radical (unpaired) electrons. The van der Waals surface area contributed by atoms with Gasteiger partial charge < -0.3 is 5.32 Å². The van der Waals surface area contributed by atoms with Crippen molar-refractivity contribution in [1.82, 2.24) is 10.3 Å². The van der Waals surface area contributed by atoms with Crippen LogP contribution >= 0.6 is 11.3 Å². The lowest BCUT2D eigenvalue weighted by molar-refractivity contribution is 0.572. The molecule has 1 heterocycles. The van der Waals surface area contributed by atoms with Gasteiger partial charge in [-0.1, -0.05) is 19.4 Å². The first-order valence-corrected chi connectivity index (χ1v) is 5.83. The Labute approximate surface area is 90.1 Å². The summed E-state index contributed by atoms with van der Waals surface area (Å²) in [5, 5.41) is 3.41. The molecule has 14 heavy (non-hydrogen) atoms. The third-order valence-corrected chi connectivity index (χ3v) is 2.52. The van der Waals surface area contributed by atoms with Crippen LogP contribution in [-0.4, -0.2) is 18.1 Å². The van der Waals surface area contributed by atoms with Crippen molar-refractivity contribution in [3.8, 4) is 0 Å². The predicted molar refractivity (Wildman–Crippen MR) is 63.5 cm³/mol. The number of nitrogens with zero attached hydrogens (tertiary/aromatic N) is 1. The maximum atomic E-state index is 4.04. The van der Waals surface area contributed by atoms with Crippen molar-refractivity contribution in [2.45, 2.75) is 20.8 Å². The second-order valence-electron chi connectivity index (χ2n) is 3.92. The molecule has 0 aliphatic heterocycles. The smallest absolute Gasteiger partial charge is 0.0797 e. The molecule has 0 aliphatic carbocycles. The van der Waals surface area contributed by atoms with Gasteiger partial charge in [0.15, 0.2) is 0 Å². The van der Waals surface area contributed by atoms with Gasteiger partial charge in [0.25, 0.3) is 0 Å². The Hall–Kier alpha value is -0.670. The number of hydrogen-bond acceptors (Lipinski definition) is 3. The fourth-order valence-electron chi connectivity index (χ4n) is 1.15. The molecule has 0 unspecified atom stereocenters. The van der Waals surface area contributed by atoms with Gasteiger partial charge in [-0.15, -0.1) is 11.3 Å². The lowest BCUT2D eigenvalue weighted by Crippen LogP contribution is -2.21. The van der Waals surface area contributed by atoms with E-state index in [4.69, 9.17) is 0 Å². The van der Waals surface area contributed by atoms with Crippen LogP contribution in [0.15, 0.2) is 17.3 Å². The van der Waals surface area contributed by atoms with Crippen LogP contribution in [-0.2, 0) is 0 Å². The van der Waals surface area contributed by atoms with E-state index in [9.17, 15) is 0 Å². The molecule has 3 heteroatoms. The Morgan fingerprint density at radius 1 is 1.64 bits per heavy atom. The van der Waals surface area contributed by atoms with Gasteiger partial charge in [0.2, 0.25) is 0 Å². The molecule has 0 spiro atoms. The van der Waals surface area contributed by atoms with E-state index in [1.165, 1.54) is 10.5 Å². The standard InChI is InChI=1S/C11H18N2S/c1-9(2)5-12-6-10(3)4-11-7-13-8-14-11/h4,7-9,12H,5-6H2,1-3H3. The van der Waals surface area contributed by atoms with Gasteiger partial charge >= 0.3 is 0 Å². The second-order valence-corrected chi connectivity index (χ2v) is 4.84. The summed E-state index contributed by atoms with van der Waals surface area (Å²) < 4.78 is 0. The largest absolute Gasteiger partial charge is 0.313 e. The van der Waals surface area contributed by atoms with E-state index in [-0.39, 0.29) is 0 Å². The monoisotopic (exact) mass is 210 g/mol. The Kier molecular flexibility index (Phi) is 4.84. The molecule has 1 N–H and O–H groups in total. The van der Waals surface area contributed by atoms with Crippen LogP contribution in [0.5, 0.6) is 0 Å². The van der Waals surface area contributed by atoms with Crippen molar-refractivity contribution in [2.24, 2.45) is 5.92 Å². The highest BCUT2D eigenvalue weighted by molar-refractivity contribution is 7.10. The number of thiazole rings is 1. The normalized spacial score (nSPS) is 12.4. The van der Waals surface area contributed by atoms with E-state index in [0.29, 0.717) is 5.92 Å². The highest BCUT2D eigenvalue weighted by atomic mass is 32.1. The fourth-order valence-corrected chi connectivity index (χ4v) is 1.78. The van der Waals surface area contributed by atoms with E-state index < -0.39 is 0 Å². The molecule has 0 bridgehead atoms. The zero-order valence-electron chi connectivity index (χ0n) is 9.08. The number of hydrogen-bond donors (Lipinski definition) is 1. The first-order chi connectivity index (χ1) is 6.68. The molecule has 1 rings (SSSR count). The van der Waals surface area contributed by atoms with Crippen LogP contribution in [0.2, 0.25) is 0 Å². The third kappa shape index (κ3) is 4.53. The third-order valence-electron chi connectivity index (χ3n) is 1.80. The number of aromatic nitrogens is 1. The second kappa shape index (κ2) is 5.94. The van der Waals surface area contributed by atoms with Gasteiger partial charge in [-0.3, -0.25) is 4.98 Å². The summed E-state index contributed by atoms with van der Waals surface area (Å²) in [5.74, 6) is 0.714. The van der Waals surface area contributed by atoms with Gasteiger partial charge in [-0.05, 0) is 25.5 Å². The van der Waals surface area contributed by atoms with Crippen molar-refractivity contribution in [3.05, 3.63) is 22.2 Å². The molecule has 78 valence electrons. The fraction of sp³-hybridized carbons (Fsp3) is 0.545. The van der Waals surface area contributed by atoms with Crippen LogP contribution in [0.3, 0.4) is 0 Å². The molecule has 2 nitrogen and oxygen atoms in total. The minimum atomic E-state index is 0.714. The predicted octanol–water partition coefficient (Wildman–Crippen LogP) is 2.79. The first kappa shape index (κ1) is 11.4. The van der Waals surface area contributed by atoms with Gasteiger partial charge in [0.05, 0.1) is 5.51 Å². The topological polar surface area (TPSA) is 24.9 Å². The molecule has 1 aromatic heterocycles. The SMILES string of the molecule is CC(=Cc1cncs1)CNCC(C)C. The summed E-state index contributed by atoms with van der Waals surface area (Å²) in [6, 6.07) is 0. The van der Waals surface area contributed by atoms with Gasteiger partial charge in [0, 0.05) is 17.6 Å². The van der Waals surface area contributed by atoms with E-state index in [1.54, 1.807) is 11.3 Å². The molecule has 0 saturated carbocycles. The van der Waals surface area contributed by atoms with E-state index in [0.717, 1.165) is 13.1 Å². The molecule has 0 fully saturated rings.